The third kappa shape index (κ3) is 7.49. The normalized spacial score (nSPS) is 14.2. The van der Waals surface area contributed by atoms with Crippen LogP contribution in [0.5, 0.6) is 0 Å². The molecule has 13 heavy (non-hydrogen) atoms. The molecule has 0 amide bonds. The Morgan fingerprint density at radius 1 is 1.62 bits per heavy atom. The van der Waals surface area contributed by atoms with E-state index < -0.39 is 5.97 Å². The molecule has 0 spiro atoms. The van der Waals surface area contributed by atoms with E-state index in [2.05, 4.69) is 5.32 Å². The summed E-state index contributed by atoms with van der Waals surface area (Å²) in [5.74, 6) is -0.922. The average molecular weight is 187 g/mol. The molecule has 0 bridgehead atoms. The van der Waals surface area contributed by atoms with Crippen LogP contribution in [0.15, 0.2) is 11.6 Å². The van der Waals surface area contributed by atoms with Crippen molar-refractivity contribution in [3.8, 4) is 0 Å². The van der Waals surface area contributed by atoms with Gasteiger partial charge in [-0.3, -0.25) is 0 Å². The fourth-order valence-electron chi connectivity index (χ4n) is 0.893. The molecule has 0 aromatic rings. The fraction of sp³-hybridized carbons (Fsp3) is 0.667. The third-order valence-electron chi connectivity index (χ3n) is 1.66. The van der Waals surface area contributed by atoms with E-state index in [1.165, 1.54) is 6.08 Å². The fourth-order valence-corrected chi connectivity index (χ4v) is 0.893. The average Bonchev–Trinajstić information content (AvgIpc) is 2.00. The molecule has 4 heteroatoms. The summed E-state index contributed by atoms with van der Waals surface area (Å²) in [7, 11) is 0. The first kappa shape index (κ1) is 12.1. The smallest absolute Gasteiger partial charge is 0.328 e. The van der Waals surface area contributed by atoms with Crippen LogP contribution in [0, 0.1) is 0 Å². The lowest BCUT2D eigenvalue weighted by molar-refractivity contribution is -0.131. The zero-order valence-corrected chi connectivity index (χ0v) is 8.08. The molecule has 76 valence electrons. The SMILES string of the molecule is CC(=CC(=O)O)CNC(C)CCO. The molecule has 0 heterocycles. The molecular formula is C9H17NO3. The van der Waals surface area contributed by atoms with Gasteiger partial charge >= 0.3 is 5.97 Å². The van der Waals surface area contributed by atoms with Crippen LogP contribution in [0.3, 0.4) is 0 Å². The van der Waals surface area contributed by atoms with E-state index in [-0.39, 0.29) is 12.6 Å². The van der Waals surface area contributed by atoms with Crippen molar-refractivity contribution in [2.45, 2.75) is 26.3 Å². The summed E-state index contributed by atoms with van der Waals surface area (Å²) in [4.78, 5) is 10.2. The van der Waals surface area contributed by atoms with E-state index in [9.17, 15) is 4.79 Å². The van der Waals surface area contributed by atoms with Crippen LogP contribution >= 0.6 is 0 Å². The summed E-state index contributed by atoms with van der Waals surface area (Å²) in [5.41, 5.74) is 0.775. The monoisotopic (exact) mass is 187 g/mol. The van der Waals surface area contributed by atoms with Crippen LogP contribution in [-0.4, -0.2) is 35.4 Å². The number of carbonyl (C=O) groups is 1. The van der Waals surface area contributed by atoms with Gasteiger partial charge in [0.15, 0.2) is 0 Å². The summed E-state index contributed by atoms with van der Waals surface area (Å²) in [6.07, 6.45) is 1.86. The molecule has 0 aromatic carbocycles. The Morgan fingerprint density at radius 3 is 2.69 bits per heavy atom. The molecule has 0 saturated heterocycles. The van der Waals surface area contributed by atoms with E-state index in [1.807, 2.05) is 6.92 Å². The van der Waals surface area contributed by atoms with Crippen molar-refractivity contribution in [1.82, 2.24) is 5.32 Å². The number of aliphatic carboxylic acids is 1. The van der Waals surface area contributed by atoms with Crippen LogP contribution in [-0.2, 0) is 4.79 Å². The molecule has 3 N–H and O–H groups in total. The Kier molecular flexibility index (Phi) is 6.18. The molecule has 0 aromatic heterocycles. The first-order valence-corrected chi connectivity index (χ1v) is 4.30. The van der Waals surface area contributed by atoms with Gasteiger partial charge in [-0.25, -0.2) is 4.79 Å². The second-order valence-electron chi connectivity index (χ2n) is 3.12. The predicted octanol–water partition coefficient (Wildman–Crippen LogP) is 0.378. The number of hydrogen-bond donors (Lipinski definition) is 3. The second-order valence-corrected chi connectivity index (χ2v) is 3.12. The molecular weight excluding hydrogens is 170 g/mol. The molecule has 1 unspecified atom stereocenters. The lowest BCUT2D eigenvalue weighted by Crippen LogP contribution is -2.28. The van der Waals surface area contributed by atoms with Gasteiger partial charge in [-0.2, -0.15) is 0 Å². The minimum absolute atomic E-state index is 0.149. The maximum absolute atomic E-state index is 10.2. The Hall–Kier alpha value is -0.870. The number of rotatable bonds is 6. The second kappa shape index (κ2) is 6.62. The van der Waals surface area contributed by atoms with Crippen molar-refractivity contribution >= 4 is 5.97 Å². The topological polar surface area (TPSA) is 69.6 Å². The summed E-state index contributed by atoms with van der Waals surface area (Å²) in [5, 5.41) is 20.1. The molecule has 0 rings (SSSR count). The van der Waals surface area contributed by atoms with Crippen molar-refractivity contribution in [2.75, 3.05) is 13.2 Å². The van der Waals surface area contributed by atoms with Gasteiger partial charge in [-0.15, -0.1) is 0 Å². The highest BCUT2D eigenvalue weighted by molar-refractivity contribution is 5.80. The molecule has 0 saturated carbocycles. The first-order chi connectivity index (χ1) is 6.06. The van der Waals surface area contributed by atoms with E-state index in [1.54, 1.807) is 6.92 Å². The van der Waals surface area contributed by atoms with Crippen LogP contribution in [0.4, 0.5) is 0 Å². The van der Waals surface area contributed by atoms with Crippen LogP contribution in [0.2, 0.25) is 0 Å². The molecule has 4 nitrogen and oxygen atoms in total. The zero-order chi connectivity index (χ0) is 10.3. The lowest BCUT2D eigenvalue weighted by atomic mass is 10.2. The highest BCUT2D eigenvalue weighted by Crippen LogP contribution is 1.93. The molecule has 1 atom stereocenters. The van der Waals surface area contributed by atoms with Gasteiger partial charge in [0.25, 0.3) is 0 Å². The number of carboxylic acid groups (broad SMARTS) is 1. The Morgan fingerprint density at radius 2 is 2.23 bits per heavy atom. The highest BCUT2D eigenvalue weighted by atomic mass is 16.4. The number of nitrogens with one attached hydrogen (secondary N) is 1. The van der Waals surface area contributed by atoms with Crippen molar-refractivity contribution < 1.29 is 15.0 Å². The summed E-state index contributed by atoms with van der Waals surface area (Å²) in [6.45, 7) is 4.40. The van der Waals surface area contributed by atoms with Crippen molar-refractivity contribution in [2.24, 2.45) is 0 Å². The van der Waals surface area contributed by atoms with Crippen LogP contribution in [0.25, 0.3) is 0 Å². The van der Waals surface area contributed by atoms with Gasteiger partial charge in [-0.05, 0) is 20.3 Å². The Labute approximate surface area is 78.3 Å². The Bertz CT molecular complexity index is 189. The van der Waals surface area contributed by atoms with Crippen molar-refractivity contribution in [3.63, 3.8) is 0 Å². The van der Waals surface area contributed by atoms with Gasteiger partial charge < -0.3 is 15.5 Å². The quantitative estimate of drug-likeness (QED) is 0.526. The largest absolute Gasteiger partial charge is 0.478 e. The predicted molar refractivity (Wildman–Crippen MR) is 50.6 cm³/mol. The maximum Gasteiger partial charge on any atom is 0.328 e. The third-order valence-corrected chi connectivity index (χ3v) is 1.66. The van der Waals surface area contributed by atoms with E-state index >= 15 is 0 Å². The summed E-state index contributed by atoms with van der Waals surface area (Å²) in [6, 6.07) is 0.210. The maximum atomic E-state index is 10.2. The van der Waals surface area contributed by atoms with Gasteiger partial charge in [-0.1, -0.05) is 5.57 Å². The van der Waals surface area contributed by atoms with Gasteiger partial charge in [0.05, 0.1) is 0 Å². The Balaban J connectivity index is 3.69. The zero-order valence-electron chi connectivity index (χ0n) is 8.08. The molecule has 0 radical (unpaired) electrons. The van der Waals surface area contributed by atoms with Gasteiger partial charge in [0.2, 0.25) is 0 Å². The standard InChI is InChI=1S/C9H17NO3/c1-7(5-9(12)13)6-10-8(2)3-4-11/h5,8,10-11H,3-4,6H2,1-2H3,(H,12,13). The molecule has 0 aliphatic carbocycles. The van der Waals surface area contributed by atoms with Crippen LogP contribution < -0.4 is 5.32 Å². The van der Waals surface area contributed by atoms with E-state index in [4.69, 9.17) is 10.2 Å². The van der Waals surface area contributed by atoms with E-state index in [0.29, 0.717) is 13.0 Å². The van der Waals surface area contributed by atoms with Crippen molar-refractivity contribution in [3.05, 3.63) is 11.6 Å². The number of aliphatic hydroxyl groups excluding tert-OH is 1. The number of hydrogen-bond acceptors (Lipinski definition) is 3. The van der Waals surface area contributed by atoms with Gasteiger partial charge in [0.1, 0.15) is 0 Å². The number of carboxylic acids is 1. The minimum atomic E-state index is -0.922. The van der Waals surface area contributed by atoms with Crippen LogP contribution in [0.1, 0.15) is 20.3 Å². The summed E-state index contributed by atoms with van der Waals surface area (Å²) >= 11 is 0. The lowest BCUT2D eigenvalue weighted by Gasteiger charge is -2.11. The van der Waals surface area contributed by atoms with Gasteiger partial charge in [0, 0.05) is 25.3 Å². The first-order valence-electron chi connectivity index (χ1n) is 4.30. The van der Waals surface area contributed by atoms with E-state index in [0.717, 1.165) is 5.57 Å². The highest BCUT2D eigenvalue weighted by Gasteiger charge is 2.00. The molecule has 0 aliphatic heterocycles. The minimum Gasteiger partial charge on any atom is -0.478 e. The summed E-state index contributed by atoms with van der Waals surface area (Å²) < 4.78 is 0. The van der Waals surface area contributed by atoms with Crippen molar-refractivity contribution in [1.29, 1.82) is 0 Å². The molecule has 0 fully saturated rings. The molecule has 0 aliphatic rings. The number of aliphatic hydroxyl groups is 1.